The van der Waals surface area contributed by atoms with E-state index in [4.69, 9.17) is 0 Å². The fourth-order valence-corrected chi connectivity index (χ4v) is 1.99. The van der Waals surface area contributed by atoms with E-state index in [0.717, 1.165) is 18.8 Å². The molecule has 0 nitrogen and oxygen atoms in total. The summed E-state index contributed by atoms with van der Waals surface area (Å²) >= 11 is 0. The maximum absolute atomic E-state index is 3.75. The van der Waals surface area contributed by atoms with Crippen molar-refractivity contribution in [3.63, 3.8) is 0 Å². The lowest BCUT2D eigenvalue weighted by atomic mass is 9.93. The van der Waals surface area contributed by atoms with Gasteiger partial charge in [0.05, 0.1) is 0 Å². The Morgan fingerprint density at radius 2 is 1.73 bits per heavy atom. The summed E-state index contributed by atoms with van der Waals surface area (Å²) in [6, 6.07) is 9.10. The summed E-state index contributed by atoms with van der Waals surface area (Å²) < 4.78 is 0. The zero-order chi connectivity index (χ0) is 11.1. The minimum atomic E-state index is 0.735. The maximum Gasteiger partial charge on any atom is -0.0167 e. The molecular formula is C15H22. The van der Waals surface area contributed by atoms with Crippen LogP contribution in [0.1, 0.15) is 50.2 Å². The molecule has 0 atom stereocenters. The minimum Gasteiger partial charge on any atom is -0.103 e. The van der Waals surface area contributed by atoms with Crippen LogP contribution in [-0.2, 0) is 6.42 Å². The summed E-state index contributed by atoms with van der Waals surface area (Å²) in [4.78, 5) is 0. The molecule has 82 valence electrons. The van der Waals surface area contributed by atoms with E-state index in [2.05, 4.69) is 44.7 Å². The Morgan fingerprint density at radius 3 is 2.20 bits per heavy atom. The largest absolute Gasteiger partial charge is 0.103 e. The van der Waals surface area contributed by atoms with Crippen LogP contribution >= 0.6 is 0 Å². The average molecular weight is 202 g/mol. The first kappa shape index (κ1) is 12.0. The van der Waals surface area contributed by atoms with Gasteiger partial charge in [-0.15, -0.1) is 6.58 Å². The van der Waals surface area contributed by atoms with Crippen LogP contribution in [0.15, 0.2) is 36.9 Å². The maximum atomic E-state index is 3.75. The highest BCUT2D eigenvalue weighted by Gasteiger charge is 2.05. The number of hydrogen-bond donors (Lipinski definition) is 0. The summed E-state index contributed by atoms with van der Waals surface area (Å²) in [5, 5.41) is 0. The van der Waals surface area contributed by atoms with Crippen molar-refractivity contribution >= 4 is 0 Å². The average Bonchev–Trinajstić information content (AvgIpc) is 2.29. The third-order valence-electron chi connectivity index (χ3n) is 3.07. The van der Waals surface area contributed by atoms with Gasteiger partial charge < -0.3 is 0 Å². The molecule has 0 saturated heterocycles. The molecule has 15 heavy (non-hydrogen) atoms. The number of aryl methyl sites for hydroxylation is 1. The first-order valence-corrected chi connectivity index (χ1v) is 6.01. The van der Waals surface area contributed by atoms with Gasteiger partial charge >= 0.3 is 0 Å². The Kier molecular flexibility index (Phi) is 5.17. The van der Waals surface area contributed by atoms with Crippen LogP contribution in [0.4, 0.5) is 0 Å². The summed E-state index contributed by atoms with van der Waals surface area (Å²) in [7, 11) is 0. The molecular weight excluding hydrogens is 180 g/mol. The molecule has 0 N–H and O–H groups in total. The number of rotatable bonds is 6. The van der Waals surface area contributed by atoms with Crippen molar-refractivity contribution in [2.24, 2.45) is 0 Å². The topological polar surface area (TPSA) is 0 Å². The van der Waals surface area contributed by atoms with E-state index < -0.39 is 0 Å². The second kappa shape index (κ2) is 6.44. The molecule has 0 amide bonds. The van der Waals surface area contributed by atoms with Crippen LogP contribution in [0.25, 0.3) is 0 Å². The third-order valence-corrected chi connectivity index (χ3v) is 3.07. The smallest absolute Gasteiger partial charge is 0.0167 e. The summed E-state index contributed by atoms with van der Waals surface area (Å²) in [5.74, 6) is 0.735. The molecule has 1 rings (SSSR count). The number of benzene rings is 1. The Bertz CT molecular complexity index is 277. The molecule has 0 unspecified atom stereocenters. The fourth-order valence-electron chi connectivity index (χ4n) is 1.99. The summed E-state index contributed by atoms with van der Waals surface area (Å²) in [5.41, 5.74) is 2.91. The first-order valence-electron chi connectivity index (χ1n) is 6.01. The van der Waals surface area contributed by atoms with Gasteiger partial charge in [-0.05, 0) is 42.7 Å². The van der Waals surface area contributed by atoms with Crippen LogP contribution in [0, 0.1) is 0 Å². The lowest BCUT2D eigenvalue weighted by Crippen LogP contribution is -1.95. The van der Waals surface area contributed by atoms with Crippen LogP contribution in [0.3, 0.4) is 0 Å². The van der Waals surface area contributed by atoms with E-state index in [1.165, 1.54) is 24.0 Å². The van der Waals surface area contributed by atoms with Gasteiger partial charge in [0.25, 0.3) is 0 Å². The monoisotopic (exact) mass is 202 g/mol. The van der Waals surface area contributed by atoms with Gasteiger partial charge in [0, 0.05) is 0 Å². The highest BCUT2D eigenvalue weighted by atomic mass is 14.1. The quantitative estimate of drug-likeness (QED) is 0.586. The van der Waals surface area contributed by atoms with E-state index in [9.17, 15) is 0 Å². The first-order chi connectivity index (χ1) is 7.31. The molecule has 1 aromatic carbocycles. The Balaban J connectivity index is 2.66. The molecule has 0 aliphatic heterocycles. The minimum absolute atomic E-state index is 0.735. The van der Waals surface area contributed by atoms with E-state index in [0.29, 0.717) is 0 Å². The van der Waals surface area contributed by atoms with Crippen molar-refractivity contribution in [3.8, 4) is 0 Å². The second-order valence-electron chi connectivity index (χ2n) is 4.08. The molecule has 0 fully saturated rings. The fraction of sp³-hybridized carbons (Fsp3) is 0.467. The van der Waals surface area contributed by atoms with Gasteiger partial charge in [0.2, 0.25) is 0 Å². The van der Waals surface area contributed by atoms with Gasteiger partial charge in [0.15, 0.2) is 0 Å². The zero-order valence-electron chi connectivity index (χ0n) is 10.00. The van der Waals surface area contributed by atoms with Crippen molar-refractivity contribution < 1.29 is 0 Å². The molecule has 0 saturated carbocycles. The van der Waals surface area contributed by atoms with Crippen LogP contribution in [0.5, 0.6) is 0 Å². The SMILES string of the molecule is C=CCCc1ccc(C(CC)CC)cc1. The number of allylic oxidation sites excluding steroid dienone is 1. The van der Waals surface area contributed by atoms with Gasteiger partial charge in [-0.25, -0.2) is 0 Å². The molecule has 0 aliphatic rings. The lowest BCUT2D eigenvalue weighted by Gasteiger charge is -2.13. The Labute approximate surface area is 94.0 Å². The number of hydrogen-bond acceptors (Lipinski definition) is 0. The van der Waals surface area contributed by atoms with Crippen molar-refractivity contribution in [2.75, 3.05) is 0 Å². The van der Waals surface area contributed by atoms with E-state index in [1.807, 2.05) is 6.08 Å². The van der Waals surface area contributed by atoms with Crippen molar-refractivity contribution in [1.82, 2.24) is 0 Å². The van der Waals surface area contributed by atoms with Gasteiger partial charge in [-0.1, -0.05) is 44.2 Å². The highest BCUT2D eigenvalue weighted by molar-refractivity contribution is 5.25. The van der Waals surface area contributed by atoms with E-state index >= 15 is 0 Å². The van der Waals surface area contributed by atoms with Crippen LogP contribution in [-0.4, -0.2) is 0 Å². The highest BCUT2D eigenvalue weighted by Crippen LogP contribution is 2.23. The van der Waals surface area contributed by atoms with Crippen molar-refractivity contribution in [2.45, 2.75) is 45.4 Å². The predicted molar refractivity (Wildman–Crippen MR) is 68.3 cm³/mol. The molecule has 0 aromatic heterocycles. The van der Waals surface area contributed by atoms with Gasteiger partial charge in [0.1, 0.15) is 0 Å². The Hall–Kier alpha value is -1.04. The molecule has 0 heteroatoms. The van der Waals surface area contributed by atoms with E-state index in [-0.39, 0.29) is 0 Å². The predicted octanol–water partition coefficient (Wildman–Crippen LogP) is 4.71. The van der Waals surface area contributed by atoms with Crippen LogP contribution in [0.2, 0.25) is 0 Å². The van der Waals surface area contributed by atoms with Gasteiger partial charge in [-0.2, -0.15) is 0 Å². The molecule has 0 bridgehead atoms. The second-order valence-corrected chi connectivity index (χ2v) is 4.08. The molecule has 0 heterocycles. The molecule has 0 spiro atoms. The van der Waals surface area contributed by atoms with Crippen molar-refractivity contribution in [3.05, 3.63) is 48.0 Å². The van der Waals surface area contributed by atoms with Gasteiger partial charge in [-0.3, -0.25) is 0 Å². The molecule has 0 radical (unpaired) electrons. The normalized spacial score (nSPS) is 10.6. The van der Waals surface area contributed by atoms with E-state index in [1.54, 1.807) is 0 Å². The Morgan fingerprint density at radius 1 is 1.13 bits per heavy atom. The lowest BCUT2D eigenvalue weighted by molar-refractivity contribution is 0.641. The summed E-state index contributed by atoms with van der Waals surface area (Å²) in [6.45, 7) is 8.28. The molecule has 1 aromatic rings. The molecule has 0 aliphatic carbocycles. The third kappa shape index (κ3) is 3.54. The van der Waals surface area contributed by atoms with Crippen LogP contribution < -0.4 is 0 Å². The summed E-state index contributed by atoms with van der Waals surface area (Å²) in [6.07, 6.45) is 6.65. The standard InChI is InChI=1S/C15H22/c1-4-7-8-13-9-11-15(12-10-13)14(5-2)6-3/h4,9-12,14H,1,5-8H2,2-3H3. The zero-order valence-corrected chi connectivity index (χ0v) is 10.00. The van der Waals surface area contributed by atoms with Crippen molar-refractivity contribution in [1.29, 1.82) is 0 Å².